The Morgan fingerprint density at radius 1 is 1.35 bits per heavy atom. The molecule has 1 N–H and O–H groups in total. The molecule has 1 atom stereocenters. The molecule has 23 heavy (non-hydrogen) atoms. The molecule has 1 unspecified atom stereocenters. The Labute approximate surface area is 139 Å². The van der Waals surface area contributed by atoms with Crippen molar-refractivity contribution in [2.24, 2.45) is 0 Å². The molecular weight excluding hydrogens is 341 g/mol. The smallest absolute Gasteiger partial charge is 0.243 e. The predicted octanol–water partition coefficient (Wildman–Crippen LogP) is 2.21. The monoisotopic (exact) mass is 355 g/mol. The third-order valence-corrected chi connectivity index (χ3v) is 5.81. The van der Waals surface area contributed by atoms with Crippen LogP contribution in [0, 0.1) is 5.82 Å². The second-order valence-corrected chi connectivity index (χ2v) is 7.55. The summed E-state index contributed by atoms with van der Waals surface area (Å²) in [6.07, 6.45) is 3.27. The van der Waals surface area contributed by atoms with E-state index in [0.29, 0.717) is 13.1 Å². The summed E-state index contributed by atoms with van der Waals surface area (Å²) < 4.78 is 40.8. The largest absolute Gasteiger partial charge is 0.313 e. The summed E-state index contributed by atoms with van der Waals surface area (Å²) >= 11 is 5.80. The van der Waals surface area contributed by atoms with E-state index >= 15 is 0 Å². The standard InChI is InChI=1S/C15H15ClFN3O2S/c16-12-6-13(17)8-14(7-12)23(21,22)20-5-4-19-10-15(20)11-2-1-3-18-9-11/h1-3,6-9,15,19H,4-5,10H2. The molecule has 3 rings (SSSR count). The second kappa shape index (κ2) is 6.52. The van der Waals surface area contributed by atoms with Crippen molar-refractivity contribution in [3.05, 3.63) is 59.1 Å². The molecular formula is C15H15ClFN3O2S. The third kappa shape index (κ3) is 3.37. The highest BCUT2D eigenvalue weighted by atomic mass is 35.5. The molecule has 1 aliphatic rings. The van der Waals surface area contributed by atoms with Crippen LogP contribution in [-0.4, -0.2) is 37.3 Å². The van der Waals surface area contributed by atoms with E-state index in [4.69, 9.17) is 11.6 Å². The van der Waals surface area contributed by atoms with Crippen molar-refractivity contribution >= 4 is 21.6 Å². The van der Waals surface area contributed by atoms with Gasteiger partial charge in [0.25, 0.3) is 0 Å². The Kier molecular flexibility index (Phi) is 4.63. The van der Waals surface area contributed by atoms with Gasteiger partial charge in [-0.25, -0.2) is 12.8 Å². The van der Waals surface area contributed by atoms with Crippen LogP contribution in [0.3, 0.4) is 0 Å². The molecule has 8 heteroatoms. The maximum Gasteiger partial charge on any atom is 0.243 e. The lowest BCUT2D eigenvalue weighted by atomic mass is 10.1. The van der Waals surface area contributed by atoms with Crippen molar-refractivity contribution in [2.75, 3.05) is 19.6 Å². The molecule has 0 spiro atoms. The number of halogens is 2. The van der Waals surface area contributed by atoms with Crippen molar-refractivity contribution in [1.82, 2.24) is 14.6 Å². The van der Waals surface area contributed by atoms with Gasteiger partial charge in [0.1, 0.15) is 5.82 Å². The number of pyridine rings is 1. The molecule has 1 saturated heterocycles. The molecule has 1 fully saturated rings. The van der Waals surface area contributed by atoms with Crippen LogP contribution in [0.1, 0.15) is 11.6 Å². The van der Waals surface area contributed by atoms with Gasteiger partial charge in [0.2, 0.25) is 10.0 Å². The molecule has 0 saturated carbocycles. The SMILES string of the molecule is O=S(=O)(c1cc(F)cc(Cl)c1)N1CCNCC1c1cccnc1. The van der Waals surface area contributed by atoms with Crippen LogP contribution < -0.4 is 5.32 Å². The number of hydrogen-bond acceptors (Lipinski definition) is 4. The first kappa shape index (κ1) is 16.3. The van der Waals surface area contributed by atoms with Crippen molar-refractivity contribution < 1.29 is 12.8 Å². The van der Waals surface area contributed by atoms with Crippen LogP contribution in [0.2, 0.25) is 5.02 Å². The average molecular weight is 356 g/mol. The zero-order chi connectivity index (χ0) is 16.4. The lowest BCUT2D eigenvalue weighted by molar-refractivity contribution is 0.271. The van der Waals surface area contributed by atoms with Gasteiger partial charge in [0.05, 0.1) is 10.9 Å². The number of hydrogen-bond donors (Lipinski definition) is 1. The van der Waals surface area contributed by atoms with Crippen LogP contribution in [-0.2, 0) is 10.0 Å². The molecule has 0 aliphatic carbocycles. The summed E-state index contributed by atoms with van der Waals surface area (Å²) in [6.45, 7) is 1.28. The van der Waals surface area contributed by atoms with Crippen LogP contribution in [0.15, 0.2) is 47.6 Å². The van der Waals surface area contributed by atoms with Crippen LogP contribution >= 0.6 is 11.6 Å². The molecule has 0 bridgehead atoms. The average Bonchev–Trinajstić information content (AvgIpc) is 2.55. The number of aromatic nitrogens is 1. The van der Waals surface area contributed by atoms with Gasteiger partial charge < -0.3 is 5.32 Å². The first-order valence-electron chi connectivity index (χ1n) is 7.07. The fourth-order valence-corrected chi connectivity index (χ4v) is 4.60. The number of nitrogens with one attached hydrogen (secondary N) is 1. The van der Waals surface area contributed by atoms with Crippen molar-refractivity contribution in [1.29, 1.82) is 0 Å². The molecule has 5 nitrogen and oxygen atoms in total. The highest BCUT2D eigenvalue weighted by Crippen LogP contribution is 2.29. The molecule has 1 aromatic carbocycles. The summed E-state index contributed by atoms with van der Waals surface area (Å²) in [5, 5.41) is 3.23. The van der Waals surface area contributed by atoms with E-state index in [1.807, 2.05) is 6.07 Å². The molecule has 2 heterocycles. The van der Waals surface area contributed by atoms with Gasteiger partial charge in [-0.3, -0.25) is 4.98 Å². The summed E-state index contributed by atoms with van der Waals surface area (Å²) in [5.41, 5.74) is 0.783. The normalized spacial score (nSPS) is 19.7. The van der Waals surface area contributed by atoms with E-state index in [0.717, 1.165) is 17.7 Å². The van der Waals surface area contributed by atoms with Gasteiger partial charge >= 0.3 is 0 Å². The van der Waals surface area contributed by atoms with E-state index in [1.165, 1.54) is 10.4 Å². The second-order valence-electron chi connectivity index (χ2n) is 5.23. The number of sulfonamides is 1. The summed E-state index contributed by atoms with van der Waals surface area (Å²) in [5.74, 6) is -0.677. The Bertz CT molecular complexity index is 781. The summed E-state index contributed by atoms with van der Waals surface area (Å²) in [4.78, 5) is 3.91. The van der Waals surface area contributed by atoms with Gasteiger partial charge in [-0.1, -0.05) is 17.7 Å². The highest BCUT2D eigenvalue weighted by Gasteiger charge is 2.34. The van der Waals surface area contributed by atoms with Gasteiger partial charge in [0, 0.05) is 37.1 Å². The zero-order valence-corrected chi connectivity index (χ0v) is 13.7. The quantitative estimate of drug-likeness (QED) is 0.917. The van der Waals surface area contributed by atoms with Crippen molar-refractivity contribution in [3.63, 3.8) is 0 Å². The van der Waals surface area contributed by atoms with Gasteiger partial charge in [0.15, 0.2) is 0 Å². The third-order valence-electron chi connectivity index (χ3n) is 3.71. The van der Waals surface area contributed by atoms with E-state index in [-0.39, 0.29) is 16.5 Å². The topological polar surface area (TPSA) is 62.3 Å². The lowest BCUT2D eigenvalue weighted by Crippen LogP contribution is -2.48. The van der Waals surface area contributed by atoms with E-state index < -0.39 is 21.9 Å². The minimum atomic E-state index is -3.86. The maximum atomic E-state index is 13.6. The Hall–Kier alpha value is -1.54. The number of nitrogens with zero attached hydrogens (tertiary/aromatic N) is 2. The van der Waals surface area contributed by atoms with E-state index in [1.54, 1.807) is 18.5 Å². The first-order valence-corrected chi connectivity index (χ1v) is 8.89. The Morgan fingerprint density at radius 3 is 2.87 bits per heavy atom. The van der Waals surface area contributed by atoms with Crippen molar-refractivity contribution in [3.8, 4) is 0 Å². The summed E-state index contributed by atoms with van der Waals surface area (Å²) in [7, 11) is -3.86. The minimum Gasteiger partial charge on any atom is -0.313 e. The Morgan fingerprint density at radius 2 is 2.17 bits per heavy atom. The van der Waals surface area contributed by atoms with Gasteiger partial charge in [-0.2, -0.15) is 4.31 Å². The van der Waals surface area contributed by atoms with Crippen LogP contribution in [0.25, 0.3) is 0 Å². The van der Waals surface area contributed by atoms with Gasteiger partial charge in [-0.05, 0) is 29.8 Å². The van der Waals surface area contributed by atoms with E-state index in [2.05, 4.69) is 10.3 Å². The van der Waals surface area contributed by atoms with E-state index in [9.17, 15) is 12.8 Å². The first-order chi connectivity index (χ1) is 11.0. The van der Waals surface area contributed by atoms with Crippen LogP contribution in [0.4, 0.5) is 4.39 Å². The Balaban J connectivity index is 2.02. The number of rotatable bonds is 3. The summed E-state index contributed by atoms with van der Waals surface area (Å²) in [6, 6.07) is 6.52. The van der Waals surface area contributed by atoms with Crippen molar-refractivity contribution in [2.45, 2.75) is 10.9 Å². The lowest BCUT2D eigenvalue weighted by Gasteiger charge is -2.35. The fourth-order valence-electron chi connectivity index (χ4n) is 2.64. The molecule has 0 radical (unpaired) electrons. The predicted molar refractivity (Wildman–Crippen MR) is 85.1 cm³/mol. The number of piperazine rings is 1. The molecule has 0 amide bonds. The minimum absolute atomic E-state index is 0.0524. The highest BCUT2D eigenvalue weighted by molar-refractivity contribution is 7.89. The molecule has 1 aliphatic heterocycles. The zero-order valence-electron chi connectivity index (χ0n) is 12.1. The maximum absolute atomic E-state index is 13.6. The molecule has 2 aromatic rings. The van der Waals surface area contributed by atoms with Crippen LogP contribution in [0.5, 0.6) is 0 Å². The van der Waals surface area contributed by atoms with Gasteiger partial charge in [-0.15, -0.1) is 0 Å². The fraction of sp³-hybridized carbons (Fsp3) is 0.267. The number of benzene rings is 1. The molecule has 1 aromatic heterocycles. The molecule has 122 valence electrons.